The van der Waals surface area contributed by atoms with Gasteiger partial charge in [0.25, 0.3) is 0 Å². The summed E-state index contributed by atoms with van der Waals surface area (Å²) in [4.78, 5) is 11.5. The Bertz CT molecular complexity index is 352. The van der Waals surface area contributed by atoms with Crippen molar-refractivity contribution in [1.29, 1.82) is 0 Å². The number of thioether (sulfide) groups is 1. The Morgan fingerprint density at radius 3 is 2.60 bits per heavy atom. The molecule has 2 unspecified atom stereocenters. The number of rotatable bonds is 4. The van der Waals surface area contributed by atoms with Gasteiger partial charge in [-0.3, -0.25) is 4.79 Å². The summed E-state index contributed by atoms with van der Waals surface area (Å²) >= 11 is 7.42. The van der Waals surface area contributed by atoms with Gasteiger partial charge in [0.05, 0.1) is 11.1 Å². The summed E-state index contributed by atoms with van der Waals surface area (Å²) in [6.45, 7) is 3.69. The van der Waals surface area contributed by atoms with Crippen LogP contribution in [0.1, 0.15) is 24.2 Å². The van der Waals surface area contributed by atoms with Crippen LogP contribution in [0.15, 0.2) is 23.1 Å². The molecule has 1 N–H and O–H groups in total. The molecule has 0 radical (unpaired) electrons. The Hall–Kier alpha value is -0.510. The fourth-order valence-electron chi connectivity index (χ4n) is 0.990. The number of aliphatic hydroxyl groups is 1. The maximum atomic E-state index is 10.5. The molecule has 2 nitrogen and oxygen atoms in total. The second-order valence-corrected chi connectivity index (χ2v) is 5.22. The predicted octanol–water partition coefficient (Wildman–Crippen LogP) is 3.01. The molecule has 1 aromatic carbocycles. The molecule has 0 saturated heterocycles. The van der Waals surface area contributed by atoms with E-state index in [-0.39, 0.29) is 11.4 Å². The normalized spacial score (nSPS) is 14.7. The molecule has 1 rings (SSSR count). The molecule has 0 aliphatic heterocycles. The molecule has 0 bridgehead atoms. The molecule has 0 amide bonds. The highest BCUT2D eigenvalue weighted by Crippen LogP contribution is 2.28. The minimum atomic E-state index is -0.375. The summed E-state index contributed by atoms with van der Waals surface area (Å²) in [6, 6.07) is 5.26. The summed E-state index contributed by atoms with van der Waals surface area (Å²) in [7, 11) is 0. The molecular weight excluding hydrogens is 232 g/mol. The van der Waals surface area contributed by atoms with Crippen molar-refractivity contribution in [1.82, 2.24) is 0 Å². The molecular formula is C11H13ClO2S. The van der Waals surface area contributed by atoms with Crippen LogP contribution in [-0.2, 0) is 0 Å². The number of carbonyl (C=O) groups excluding carboxylic acids is 1. The van der Waals surface area contributed by atoms with E-state index in [1.165, 1.54) is 11.8 Å². The van der Waals surface area contributed by atoms with E-state index in [2.05, 4.69) is 0 Å². The molecule has 0 saturated carbocycles. The third-order valence-electron chi connectivity index (χ3n) is 2.10. The van der Waals surface area contributed by atoms with Crippen molar-refractivity contribution in [3.63, 3.8) is 0 Å². The van der Waals surface area contributed by atoms with E-state index in [0.717, 1.165) is 11.2 Å². The quantitative estimate of drug-likeness (QED) is 0.654. The Morgan fingerprint density at radius 2 is 2.13 bits per heavy atom. The zero-order valence-electron chi connectivity index (χ0n) is 8.61. The molecule has 82 valence electrons. The van der Waals surface area contributed by atoms with Crippen molar-refractivity contribution in [2.45, 2.75) is 30.1 Å². The number of halogens is 1. The third kappa shape index (κ3) is 3.52. The highest BCUT2D eigenvalue weighted by molar-refractivity contribution is 8.00. The third-order valence-corrected chi connectivity index (χ3v) is 3.72. The number of carbonyl (C=O) groups is 1. The second kappa shape index (κ2) is 5.54. The lowest BCUT2D eigenvalue weighted by Gasteiger charge is -2.14. The molecule has 2 atom stereocenters. The van der Waals surface area contributed by atoms with Crippen LogP contribution in [0.4, 0.5) is 0 Å². The SMILES string of the molecule is CC(O)C(C)Sc1ccc(C=O)c(Cl)c1. The number of hydrogen-bond donors (Lipinski definition) is 1. The Kier molecular flexibility index (Phi) is 4.64. The van der Waals surface area contributed by atoms with E-state index in [0.29, 0.717) is 10.6 Å². The van der Waals surface area contributed by atoms with Gasteiger partial charge in [0.2, 0.25) is 0 Å². The minimum Gasteiger partial charge on any atom is -0.392 e. The fourth-order valence-corrected chi connectivity index (χ4v) is 2.24. The Morgan fingerprint density at radius 1 is 1.47 bits per heavy atom. The lowest BCUT2D eigenvalue weighted by atomic mass is 10.2. The fraction of sp³-hybridized carbons (Fsp3) is 0.364. The predicted molar refractivity (Wildman–Crippen MR) is 63.8 cm³/mol. The molecule has 4 heteroatoms. The zero-order chi connectivity index (χ0) is 11.4. The lowest BCUT2D eigenvalue weighted by Crippen LogP contribution is -2.14. The van der Waals surface area contributed by atoms with E-state index in [1.54, 1.807) is 19.1 Å². The number of aldehydes is 1. The largest absolute Gasteiger partial charge is 0.392 e. The number of aliphatic hydroxyl groups excluding tert-OH is 1. The first-order valence-corrected chi connectivity index (χ1v) is 5.90. The van der Waals surface area contributed by atoms with Crippen molar-refractivity contribution in [3.05, 3.63) is 28.8 Å². The van der Waals surface area contributed by atoms with Gasteiger partial charge < -0.3 is 5.11 Å². The first-order valence-electron chi connectivity index (χ1n) is 4.64. The number of hydrogen-bond acceptors (Lipinski definition) is 3. The average molecular weight is 245 g/mol. The van der Waals surface area contributed by atoms with Gasteiger partial charge in [-0.05, 0) is 25.1 Å². The van der Waals surface area contributed by atoms with Gasteiger partial charge in [-0.15, -0.1) is 11.8 Å². The van der Waals surface area contributed by atoms with Crippen LogP contribution in [-0.4, -0.2) is 22.7 Å². The van der Waals surface area contributed by atoms with Crippen molar-refractivity contribution in [2.75, 3.05) is 0 Å². The van der Waals surface area contributed by atoms with E-state index >= 15 is 0 Å². The monoisotopic (exact) mass is 244 g/mol. The van der Waals surface area contributed by atoms with Gasteiger partial charge >= 0.3 is 0 Å². The molecule has 0 heterocycles. The minimum absolute atomic E-state index is 0.100. The summed E-state index contributed by atoms with van der Waals surface area (Å²) < 4.78 is 0. The topological polar surface area (TPSA) is 37.3 Å². The Balaban J connectivity index is 2.79. The second-order valence-electron chi connectivity index (χ2n) is 3.36. The van der Waals surface area contributed by atoms with Gasteiger partial charge in [0.1, 0.15) is 0 Å². The van der Waals surface area contributed by atoms with Crippen molar-refractivity contribution < 1.29 is 9.90 Å². The van der Waals surface area contributed by atoms with Crippen LogP contribution in [0.3, 0.4) is 0 Å². The van der Waals surface area contributed by atoms with E-state index in [9.17, 15) is 9.90 Å². The van der Waals surface area contributed by atoms with Crippen molar-refractivity contribution in [3.8, 4) is 0 Å². The highest BCUT2D eigenvalue weighted by Gasteiger charge is 2.11. The van der Waals surface area contributed by atoms with Crippen LogP contribution < -0.4 is 0 Å². The molecule has 0 spiro atoms. The summed E-state index contributed by atoms with van der Waals surface area (Å²) in [5.74, 6) is 0. The highest BCUT2D eigenvalue weighted by atomic mass is 35.5. The standard InChI is InChI=1S/C11H13ClO2S/c1-7(14)8(2)15-10-4-3-9(6-13)11(12)5-10/h3-8,14H,1-2H3. The van der Waals surface area contributed by atoms with Crippen LogP contribution >= 0.6 is 23.4 Å². The van der Waals surface area contributed by atoms with Gasteiger partial charge in [-0.1, -0.05) is 18.5 Å². The molecule has 0 aliphatic rings. The van der Waals surface area contributed by atoms with Gasteiger partial charge in [0, 0.05) is 15.7 Å². The smallest absolute Gasteiger partial charge is 0.151 e. The molecule has 0 fully saturated rings. The van der Waals surface area contributed by atoms with Crippen molar-refractivity contribution in [2.24, 2.45) is 0 Å². The summed E-state index contributed by atoms with van der Waals surface area (Å²) in [5.41, 5.74) is 0.491. The van der Waals surface area contributed by atoms with E-state index < -0.39 is 0 Å². The summed E-state index contributed by atoms with van der Waals surface area (Å²) in [5, 5.41) is 9.89. The van der Waals surface area contributed by atoms with E-state index in [4.69, 9.17) is 11.6 Å². The Labute approximate surface area is 98.6 Å². The van der Waals surface area contributed by atoms with Crippen LogP contribution in [0, 0.1) is 0 Å². The van der Waals surface area contributed by atoms with Crippen LogP contribution in [0.2, 0.25) is 5.02 Å². The molecule has 1 aromatic rings. The van der Waals surface area contributed by atoms with Crippen molar-refractivity contribution >= 4 is 29.6 Å². The zero-order valence-corrected chi connectivity index (χ0v) is 10.2. The van der Waals surface area contributed by atoms with Gasteiger partial charge in [-0.25, -0.2) is 0 Å². The van der Waals surface area contributed by atoms with Crippen LogP contribution in [0.5, 0.6) is 0 Å². The first-order chi connectivity index (χ1) is 7.04. The maximum Gasteiger partial charge on any atom is 0.151 e. The molecule has 0 aromatic heterocycles. The average Bonchev–Trinajstić information content (AvgIpc) is 2.18. The van der Waals surface area contributed by atoms with E-state index in [1.807, 2.05) is 13.0 Å². The number of benzene rings is 1. The van der Waals surface area contributed by atoms with Crippen LogP contribution in [0.25, 0.3) is 0 Å². The van der Waals surface area contributed by atoms with Gasteiger partial charge in [-0.2, -0.15) is 0 Å². The maximum absolute atomic E-state index is 10.5. The molecule has 15 heavy (non-hydrogen) atoms. The first kappa shape index (κ1) is 12.6. The lowest BCUT2D eigenvalue weighted by molar-refractivity contribution is 0.112. The van der Waals surface area contributed by atoms with Gasteiger partial charge in [0.15, 0.2) is 6.29 Å². The molecule has 0 aliphatic carbocycles. The summed E-state index contributed by atoms with van der Waals surface area (Å²) in [6.07, 6.45) is 0.356.